The highest BCUT2D eigenvalue weighted by atomic mass is 127. The van der Waals surface area contributed by atoms with Gasteiger partial charge in [-0.1, -0.05) is 19.0 Å². The van der Waals surface area contributed by atoms with Crippen LogP contribution in [0.15, 0.2) is 9.52 Å². The van der Waals surface area contributed by atoms with Gasteiger partial charge in [-0.3, -0.25) is 9.69 Å². The Morgan fingerprint density at radius 2 is 1.93 bits per heavy atom. The quantitative estimate of drug-likeness (QED) is 0.283. The average molecular weight is 522 g/mol. The lowest BCUT2D eigenvalue weighted by molar-refractivity contribution is -0.127. The van der Waals surface area contributed by atoms with Crippen molar-refractivity contribution in [2.45, 2.75) is 33.2 Å². The molecule has 0 unspecified atom stereocenters. The molecule has 10 heteroatoms. The molecule has 9 nitrogen and oxygen atoms in total. The largest absolute Gasteiger partial charge is 0.379 e. The number of rotatable bonds is 9. The lowest BCUT2D eigenvalue weighted by Gasteiger charge is -2.26. The Kier molecular flexibility index (Phi) is 12.2. The standard InChI is InChI=1S/C19H34N6O3.HI/c1-5-16-15(17(6-2)28-23-16)13-21-19(22-14-18(26)24(3)4)20-7-8-25-9-11-27-12-10-25;/h5-14H2,1-4H3,(H2,20,21,22);1H. The van der Waals surface area contributed by atoms with Crippen LogP contribution in [-0.2, 0) is 28.9 Å². The van der Waals surface area contributed by atoms with Crippen molar-refractivity contribution >= 4 is 35.8 Å². The van der Waals surface area contributed by atoms with Crippen molar-refractivity contribution in [2.24, 2.45) is 4.99 Å². The van der Waals surface area contributed by atoms with Crippen molar-refractivity contribution < 1.29 is 14.1 Å². The van der Waals surface area contributed by atoms with Crippen LogP contribution in [0.1, 0.15) is 30.9 Å². The predicted molar refractivity (Wildman–Crippen MR) is 124 cm³/mol. The van der Waals surface area contributed by atoms with E-state index in [1.807, 2.05) is 6.92 Å². The molecule has 0 atom stereocenters. The number of aliphatic imine (C=N–C) groups is 1. The summed E-state index contributed by atoms with van der Waals surface area (Å²) in [7, 11) is 3.48. The minimum atomic E-state index is -0.00356. The Labute approximate surface area is 190 Å². The summed E-state index contributed by atoms with van der Waals surface area (Å²) in [4.78, 5) is 20.5. The molecule has 0 aliphatic carbocycles. The number of carbonyl (C=O) groups excluding carboxylic acids is 1. The molecule has 0 bridgehead atoms. The molecule has 2 rings (SSSR count). The lowest BCUT2D eigenvalue weighted by Crippen LogP contribution is -2.46. The Morgan fingerprint density at radius 1 is 1.21 bits per heavy atom. The summed E-state index contributed by atoms with van der Waals surface area (Å²) < 4.78 is 10.8. The number of guanidine groups is 1. The molecule has 1 aromatic rings. The second-order valence-electron chi connectivity index (χ2n) is 6.93. The summed E-state index contributed by atoms with van der Waals surface area (Å²) in [5.41, 5.74) is 1.98. The number of ether oxygens (including phenoxy) is 1. The van der Waals surface area contributed by atoms with E-state index >= 15 is 0 Å². The zero-order valence-corrected chi connectivity index (χ0v) is 20.3. The molecule has 1 aliphatic rings. The van der Waals surface area contributed by atoms with Gasteiger partial charge in [0.2, 0.25) is 5.91 Å². The Balaban J connectivity index is 0.00000420. The summed E-state index contributed by atoms with van der Waals surface area (Å²) in [5, 5.41) is 10.6. The third-order valence-electron chi connectivity index (χ3n) is 4.73. The zero-order chi connectivity index (χ0) is 20.4. The fraction of sp³-hybridized carbons (Fsp3) is 0.737. The highest BCUT2D eigenvalue weighted by molar-refractivity contribution is 14.0. The van der Waals surface area contributed by atoms with Crippen molar-refractivity contribution in [3.63, 3.8) is 0 Å². The SMILES string of the molecule is CCc1noc(CC)c1CN=C(NCCN1CCOCC1)NCC(=O)N(C)C.I. The first-order chi connectivity index (χ1) is 13.5. The van der Waals surface area contributed by atoms with E-state index in [0.29, 0.717) is 12.5 Å². The first-order valence-electron chi connectivity index (χ1n) is 10.0. The van der Waals surface area contributed by atoms with E-state index in [0.717, 1.165) is 69.3 Å². The van der Waals surface area contributed by atoms with Crippen LogP contribution < -0.4 is 10.6 Å². The van der Waals surface area contributed by atoms with Gasteiger partial charge in [-0.05, 0) is 6.42 Å². The van der Waals surface area contributed by atoms with Crippen molar-refractivity contribution in [3.8, 4) is 0 Å². The number of nitrogens with one attached hydrogen (secondary N) is 2. The van der Waals surface area contributed by atoms with Crippen molar-refractivity contribution in [1.82, 2.24) is 25.6 Å². The van der Waals surface area contributed by atoms with E-state index in [1.165, 1.54) is 0 Å². The number of morpholine rings is 1. The maximum atomic E-state index is 11.9. The van der Waals surface area contributed by atoms with Gasteiger partial charge < -0.3 is 24.8 Å². The van der Waals surface area contributed by atoms with Gasteiger partial charge in [-0.15, -0.1) is 24.0 Å². The van der Waals surface area contributed by atoms with Crippen LogP contribution >= 0.6 is 24.0 Å². The third-order valence-corrected chi connectivity index (χ3v) is 4.73. The zero-order valence-electron chi connectivity index (χ0n) is 18.0. The van der Waals surface area contributed by atoms with Crippen LogP contribution in [0.3, 0.4) is 0 Å². The number of aryl methyl sites for hydroxylation is 2. The average Bonchev–Trinajstić information content (AvgIpc) is 3.12. The molecule has 1 aromatic heterocycles. The third kappa shape index (κ3) is 8.47. The Hall–Kier alpha value is -1.40. The number of hydrogen-bond donors (Lipinski definition) is 2. The number of halogens is 1. The normalized spacial score (nSPS) is 15.0. The molecular weight excluding hydrogens is 487 g/mol. The van der Waals surface area contributed by atoms with E-state index in [9.17, 15) is 4.79 Å². The highest BCUT2D eigenvalue weighted by Crippen LogP contribution is 2.16. The predicted octanol–water partition coefficient (Wildman–Crippen LogP) is 0.873. The van der Waals surface area contributed by atoms with Crippen LogP contribution in [0.4, 0.5) is 0 Å². The number of hydrogen-bond acceptors (Lipinski definition) is 6. The monoisotopic (exact) mass is 522 g/mol. The molecule has 0 saturated carbocycles. The van der Waals surface area contributed by atoms with E-state index in [2.05, 4.69) is 32.6 Å². The summed E-state index contributed by atoms with van der Waals surface area (Å²) in [6.45, 7) is 9.87. The van der Waals surface area contributed by atoms with Crippen LogP contribution in [-0.4, -0.2) is 86.9 Å². The minimum Gasteiger partial charge on any atom is -0.379 e. The molecule has 0 radical (unpaired) electrons. The number of carbonyl (C=O) groups is 1. The lowest BCUT2D eigenvalue weighted by atomic mass is 10.1. The number of amides is 1. The molecule has 1 fully saturated rings. The van der Waals surface area contributed by atoms with E-state index < -0.39 is 0 Å². The molecule has 1 amide bonds. The Morgan fingerprint density at radius 3 is 2.55 bits per heavy atom. The van der Waals surface area contributed by atoms with E-state index in [1.54, 1.807) is 19.0 Å². The van der Waals surface area contributed by atoms with Gasteiger partial charge in [0.05, 0.1) is 32.0 Å². The van der Waals surface area contributed by atoms with Crippen LogP contribution in [0, 0.1) is 0 Å². The van der Waals surface area contributed by atoms with Crippen molar-refractivity contribution in [3.05, 3.63) is 17.0 Å². The summed E-state index contributed by atoms with van der Waals surface area (Å²) in [6, 6.07) is 0. The van der Waals surface area contributed by atoms with Crippen LogP contribution in [0.5, 0.6) is 0 Å². The highest BCUT2D eigenvalue weighted by Gasteiger charge is 2.14. The molecule has 166 valence electrons. The number of likely N-dealkylation sites (N-methyl/N-ethyl adjacent to an activating group) is 1. The number of nitrogens with zero attached hydrogens (tertiary/aromatic N) is 4. The molecular formula is C19H35IN6O3. The minimum absolute atomic E-state index is 0. The van der Waals surface area contributed by atoms with Gasteiger partial charge >= 0.3 is 0 Å². The van der Waals surface area contributed by atoms with Crippen molar-refractivity contribution in [1.29, 1.82) is 0 Å². The van der Waals surface area contributed by atoms with Gasteiger partial charge in [-0.2, -0.15) is 0 Å². The summed E-state index contributed by atoms with van der Waals surface area (Å²) >= 11 is 0. The van der Waals surface area contributed by atoms with Gasteiger partial charge in [0.1, 0.15) is 5.76 Å². The first kappa shape index (κ1) is 25.6. The molecule has 29 heavy (non-hydrogen) atoms. The second kappa shape index (κ2) is 13.8. The van der Waals surface area contributed by atoms with Gasteiger partial charge in [0, 0.05) is 52.3 Å². The molecule has 0 spiro atoms. The fourth-order valence-corrected chi connectivity index (χ4v) is 2.92. The maximum Gasteiger partial charge on any atom is 0.241 e. The van der Waals surface area contributed by atoms with Crippen molar-refractivity contribution in [2.75, 3.05) is 60.0 Å². The van der Waals surface area contributed by atoms with Gasteiger partial charge in [0.25, 0.3) is 0 Å². The molecule has 1 saturated heterocycles. The summed E-state index contributed by atoms with van der Waals surface area (Å²) in [6.07, 6.45) is 1.59. The fourth-order valence-electron chi connectivity index (χ4n) is 2.92. The Bertz CT molecular complexity index is 622. The number of aromatic nitrogens is 1. The van der Waals surface area contributed by atoms with Gasteiger partial charge in [0.15, 0.2) is 5.96 Å². The molecule has 1 aliphatic heterocycles. The topological polar surface area (TPSA) is 95.2 Å². The van der Waals surface area contributed by atoms with E-state index in [4.69, 9.17) is 9.26 Å². The second-order valence-corrected chi connectivity index (χ2v) is 6.93. The summed E-state index contributed by atoms with van der Waals surface area (Å²) in [5.74, 6) is 1.49. The van der Waals surface area contributed by atoms with Gasteiger partial charge in [-0.25, -0.2) is 4.99 Å². The van der Waals surface area contributed by atoms with E-state index in [-0.39, 0.29) is 36.4 Å². The first-order valence-corrected chi connectivity index (χ1v) is 10.0. The van der Waals surface area contributed by atoms with Crippen LogP contribution in [0.25, 0.3) is 0 Å². The smallest absolute Gasteiger partial charge is 0.241 e. The molecule has 2 heterocycles. The molecule has 0 aromatic carbocycles. The maximum absolute atomic E-state index is 11.9. The molecule has 2 N–H and O–H groups in total. The van der Waals surface area contributed by atoms with Crippen LogP contribution in [0.2, 0.25) is 0 Å².